The highest BCUT2D eigenvalue weighted by atomic mass is 16.1. The molecule has 0 aromatic heterocycles. The molecule has 1 fully saturated rings. The standard InChI is InChI=1S/C12H22O/c1-8-6-10(12(3,4)5)7-9(2)11(8)13/h8-10H,6-7H2,1-5H3/t8-,9-/m0/s1. The van der Waals surface area contributed by atoms with E-state index in [9.17, 15) is 4.79 Å². The van der Waals surface area contributed by atoms with Crippen molar-refractivity contribution in [2.75, 3.05) is 0 Å². The predicted molar refractivity (Wildman–Crippen MR) is 55.5 cm³/mol. The van der Waals surface area contributed by atoms with Gasteiger partial charge in [0.1, 0.15) is 5.78 Å². The molecule has 1 saturated carbocycles. The zero-order chi connectivity index (χ0) is 10.2. The molecule has 0 spiro atoms. The van der Waals surface area contributed by atoms with Crippen LogP contribution in [0.4, 0.5) is 0 Å². The van der Waals surface area contributed by atoms with E-state index in [0.29, 0.717) is 11.2 Å². The summed E-state index contributed by atoms with van der Waals surface area (Å²) >= 11 is 0. The lowest BCUT2D eigenvalue weighted by molar-refractivity contribution is -0.130. The smallest absolute Gasteiger partial charge is 0.138 e. The Kier molecular flexibility index (Phi) is 2.84. The third-order valence-corrected chi connectivity index (χ3v) is 3.47. The summed E-state index contributed by atoms with van der Waals surface area (Å²) in [6.07, 6.45) is 2.18. The summed E-state index contributed by atoms with van der Waals surface area (Å²) in [5, 5.41) is 0. The van der Waals surface area contributed by atoms with Crippen LogP contribution < -0.4 is 0 Å². The van der Waals surface area contributed by atoms with Gasteiger partial charge in [0.2, 0.25) is 0 Å². The number of carbonyl (C=O) groups is 1. The zero-order valence-corrected chi connectivity index (χ0v) is 9.55. The van der Waals surface area contributed by atoms with Crippen LogP contribution in [-0.2, 0) is 4.79 Å². The molecule has 0 heterocycles. The van der Waals surface area contributed by atoms with Gasteiger partial charge in [0, 0.05) is 11.8 Å². The summed E-state index contributed by atoms with van der Waals surface area (Å²) in [5.74, 6) is 1.76. The fourth-order valence-electron chi connectivity index (χ4n) is 2.37. The van der Waals surface area contributed by atoms with Crippen LogP contribution in [-0.4, -0.2) is 5.78 Å². The first kappa shape index (κ1) is 10.7. The predicted octanol–water partition coefficient (Wildman–Crippen LogP) is 3.28. The molecule has 0 radical (unpaired) electrons. The molecule has 0 aromatic carbocycles. The molecule has 0 aliphatic heterocycles. The molecule has 0 saturated heterocycles. The van der Waals surface area contributed by atoms with Gasteiger partial charge < -0.3 is 0 Å². The van der Waals surface area contributed by atoms with E-state index < -0.39 is 0 Å². The van der Waals surface area contributed by atoms with Crippen LogP contribution in [0.1, 0.15) is 47.5 Å². The summed E-state index contributed by atoms with van der Waals surface area (Å²) in [6.45, 7) is 11.0. The second-order valence-corrected chi connectivity index (χ2v) is 5.74. The van der Waals surface area contributed by atoms with Crippen molar-refractivity contribution in [2.45, 2.75) is 47.5 Å². The molecule has 1 nitrogen and oxygen atoms in total. The van der Waals surface area contributed by atoms with E-state index in [0.717, 1.165) is 18.8 Å². The molecule has 0 unspecified atom stereocenters. The Balaban J connectivity index is 2.69. The van der Waals surface area contributed by atoms with Crippen molar-refractivity contribution in [3.8, 4) is 0 Å². The molecule has 1 aliphatic rings. The van der Waals surface area contributed by atoms with E-state index in [1.807, 2.05) is 0 Å². The first-order chi connectivity index (χ1) is 5.82. The Labute approximate surface area is 81.9 Å². The quantitative estimate of drug-likeness (QED) is 0.562. The van der Waals surface area contributed by atoms with Crippen molar-refractivity contribution >= 4 is 5.78 Å². The van der Waals surface area contributed by atoms with E-state index in [-0.39, 0.29) is 11.8 Å². The van der Waals surface area contributed by atoms with Crippen molar-refractivity contribution in [1.29, 1.82) is 0 Å². The molecule has 1 aliphatic carbocycles. The van der Waals surface area contributed by atoms with Crippen LogP contribution in [0.5, 0.6) is 0 Å². The van der Waals surface area contributed by atoms with Gasteiger partial charge in [-0.3, -0.25) is 4.79 Å². The first-order valence-electron chi connectivity index (χ1n) is 5.36. The minimum absolute atomic E-state index is 0.285. The average molecular weight is 182 g/mol. The van der Waals surface area contributed by atoms with Crippen LogP contribution >= 0.6 is 0 Å². The number of ketones is 1. The van der Waals surface area contributed by atoms with Gasteiger partial charge in [-0.05, 0) is 24.2 Å². The SMILES string of the molecule is C[C@H]1CC(C(C)(C)C)C[C@H](C)C1=O. The van der Waals surface area contributed by atoms with Gasteiger partial charge in [0.25, 0.3) is 0 Å². The van der Waals surface area contributed by atoms with E-state index in [2.05, 4.69) is 34.6 Å². The van der Waals surface area contributed by atoms with E-state index >= 15 is 0 Å². The topological polar surface area (TPSA) is 17.1 Å². The van der Waals surface area contributed by atoms with Crippen LogP contribution in [0.2, 0.25) is 0 Å². The summed E-state index contributed by atoms with van der Waals surface area (Å²) in [7, 11) is 0. The Morgan fingerprint density at radius 2 is 1.46 bits per heavy atom. The maximum atomic E-state index is 11.6. The summed E-state index contributed by atoms with van der Waals surface area (Å²) in [4.78, 5) is 11.6. The van der Waals surface area contributed by atoms with Crippen molar-refractivity contribution in [3.05, 3.63) is 0 Å². The molecule has 1 rings (SSSR count). The Morgan fingerprint density at radius 3 is 1.77 bits per heavy atom. The third kappa shape index (κ3) is 2.32. The monoisotopic (exact) mass is 182 g/mol. The van der Waals surface area contributed by atoms with Crippen molar-refractivity contribution in [1.82, 2.24) is 0 Å². The lowest BCUT2D eigenvalue weighted by atomic mass is 9.66. The lowest BCUT2D eigenvalue weighted by Gasteiger charge is -2.38. The minimum atomic E-state index is 0.285. The minimum Gasteiger partial charge on any atom is -0.299 e. The molecule has 0 amide bonds. The molecule has 13 heavy (non-hydrogen) atoms. The molecule has 0 bridgehead atoms. The molecule has 1 heteroatoms. The van der Waals surface area contributed by atoms with Gasteiger partial charge in [0.05, 0.1) is 0 Å². The maximum absolute atomic E-state index is 11.6. The molecule has 76 valence electrons. The zero-order valence-electron chi connectivity index (χ0n) is 9.55. The largest absolute Gasteiger partial charge is 0.299 e. The normalized spacial score (nSPS) is 36.4. The van der Waals surface area contributed by atoms with Gasteiger partial charge in [-0.1, -0.05) is 34.6 Å². The maximum Gasteiger partial charge on any atom is 0.138 e. The van der Waals surface area contributed by atoms with E-state index in [1.54, 1.807) is 0 Å². The van der Waals surface area contributed by atoms with Gasteiger partial charge in [-0.15, -0.1) is 0 Å². The highest BCUT2D eigenvalue weighted by Gasteiger charge is 2.36. The molecular weight excluding hydrogens is 160 g/mol. The second kappa shape index (κ2) is 3.43. The van der Waals surface area contributed by atoms with Crippen LogP contribution in [0.25, 0.3) is 0 Å². The fraction of sp³-hybridized carbons (Fsp3) is 0.917. The summed E-state index contributed by atoms with van der Waals surface area (Å²) in [6, 6.07) is 0. The Hall–Kier alpha value is -0.330. The number of Topliss-reactive ketones (excluding diaryl/α,β-unsaturated/α-hetero) is 1. The van der Waals surface area contributed by atoms with Crippen molar-refractivity contribution in [3.63, 3.8) is 0 Å². The van der Waals surface area contributed by atoms with Crippen molar-refractivity contribution < 1.29 is 4.79 Å². The number of rotatable bonds is 0. The molecule has 2 atom stereocenters. The second-order valence-electron chi connectivity index (χ2n) is 5.74. The van der Waals surface area contributed by atoms with Gasteiger partial charge in [-0.2, -0.15) is 0 Å². The average Bonchev–Trinajstić information content (AvgIpc) is 1.97. The first-order valence-corrected chi connectivity index (χ1v) is 5.36. The van der Waals surface area contributed by atoms with Crippen LogP contribution in [0.15, 0.2) is 0 Å². The molecule has 0 aromatic rings. The van der Waals surface area contributed by atoms with Crippen LogP contribution in [0.3, 0.4) is 0 Å². The Bertz CT molecular complexity index is 186. The summed E-state index contributed by atoms with van der Waals surface area (Å²) in [5.41, 5.74) is 0.364. The number of hydrogen-bond donors (Lipinski definition) is 0. The lowest BCUT2D eigenvalue weighted by Crippen LogP contribution is -2.35. The van der Waals surface area contributed by atoms with E-state index in [4.69, 9.17) is 0 Å². The molecule has 0 N–H and O–H groups in total. The van der Waals surface area contributed by atoms with Gasteiger partial charge >= 0.3 is 0 Å². The van der Waals surface area contributed by atoms with Gasteiger partial charge in [-0.25, -0.2) is 0 Å². The third-order valence-electron chi connectivity index (χ3n) is 3.47. The number of hydrogen-bond acceptors (Lipinski definition) is 1. The number of carbonyl (C=O) groups excluding carboxylic acids is 1. The van der Waals surface area contributed by atoms with Crippen LogP contribution in [0, 0.1) is 23.2 Å². The van der Waals surface area contributed by atoms with E-state index in [1.165, 1.54) is 0 Å². The molecular formula is C12H22O. The van der Waals surface area contributed by atoms with Gasteiger partial charge in [0.15, 0.2) is 0 Å². The Morgan fingerprint density at radius 1 is 1.08 bits per heavy atom. The van der Waals surface area contributed by atoms with Crippen molar-refractivity contribution in [2.24, 2.45) is 23.2 Å². The highest BCUT2D eigenvalue weighted by Crippen LogP contribution is 2.40. The highest BCUT2D eigenvalue weighted by molar-refractivity contribution is 5.83. The fourth-order valence-corrected chi connectivity index (χ4v) is 2.37. The summed E-state index contributed by atoms with van der Waals surface area (Å²) < 4.78 is 0.